The fourth-order valence-corrected chi connectivity index (χ4v) is 4.69. The molecule has 166 valence electrons. The highest BCUT2D eigenvalue weighted by Crippen LogP contribution is 2.40. The summed E-state index contributed by atoms with van der Waals surface area (Å²) in [5.74, 6) is 1.77. The summed E-state index contributed by atoms with van der Waals surface area (Å²) >= 11 is 1.44. The van der Waals surface area contributed by atoms with Crippen LogP contribution in [0.1, 0.15) is 30.1 Å². The van der Waals surface area contributed by atoms with Crippen LogP contribution in [0.3, 0.4) is 0 Å². The molecule has 2 heterocycles. The van der Waals surface area contributed by atoms with Gasteiger partial charge in [0, 0.05) is 19.0 Å². The van der Waals surface area contributed by atoms with Gasteiger partial charge in [-0.15, -0.1) is 10.2 Å². The zero-order valence-electron chi connectivity index (χ0n) is 17.9. The van der Waals surface area contributed by atoms with Gasteiger partial charge in [-0.25, -0.2) is 0 Å². The van der Waals surface area contributed by atoms with E-state index in [1.54, 1.807) is 0 Å². The number of ether oxygens (including phenoxy) is 1. The van der Waals surface area contributed by atoms with Gasteiger partial charge in [-0.1, -0.05) is 54.2 Å². The lowest BCUT2D eigenvalue weighted by atomic mass is 10.2. The number of thioether (sulfide) groups is 1. The Morgan fingerprint density at radius 1 is 1.03 bits per heavy atom. The molecular weight excluding hydrogens is 422 g/mol. The van der Waals surface area contributed by atoms with E-state index in [1.807, 2.05) is 42.5 Å². The lowest BCUT2D eigenvalue weighted by Crippen LogP contribution is -2.36. The first-order chi connectivity index (χ1) is 15.8. The van der Waals surface area contributed by atoms with Gasteiger partial charge in [0.25, 0.3) is 0 Å². The molecule has 0 radical (unpaired) electrons. The average molecular weight is 450 g/mol. The number of aromatic nitrogens is 3. The van der Waals surface area contributed by atoms with Crippen LogP contribution in [-0.2, 0) is 16.1 Å². The number of morpholine rings is 1. The third-order valence-corrected chi connectivity index (χ3v) is 6.70. The molecule has 1 N–H and O–H groups in total. The Labute approximate surface area is 192 Å². The van der Waals surface area contributed by atoms with Crippen molar-refractivity contribution in [1.29, 1.82) is 0 Å². The molecular formula is C24H27N5O2S. The van der Waals surface area contributed by atoms with Crippen molar-refractivity contribution in [3.05, 3.63) is 66.0 Å². The maximum atomic E-state index is 12.8. The van der Waals surface area contributed by atoms with Crippen LogP contribution in [0.2, 0.25) is 0 Å². The second kappa shape index (κ2) is 9.75. The molecule has 0 spiro atoms. The summed E-state index contributed by atoms with van der Waals surface area (Å²) < 4.78 is 7.63. The highest BCUT2D eigenvalue weighted by molar-refractivity contribution is 7.99. The summed E-state index contributed by atoms with van der Waals surface area (Å²) in [6.45, 7) is 3.79. The Balaban J connectivity index is 1.26. The van der Waals surface area contributed by atoms with Gasteiger partial charge in [0.2, 0.25) is 5.91 Å². The van der Waals surface area contributed by atoms with E-state index in [2.05, 4.69) is 37.1 Å². The summed E-state index contributed by atoms with van der Waals surface area (Å²) in [5, 5.41) is 12.8. The molecule has 8 heteroatoms. The molecule has 0 bridgehead atoms. The van der Waals surface area contributed by atoms with Crippen molar-refractivity contribution < 1.29 is 9.53 Å². The molecule has 5 rings (SSSR count). The Hall–Kier alpha value is -2.84. The molecule has 2 fully saturated rings. The fraction of sp³-hybridized carbons (Fsp3) is 0.375. The van der Waals surface area contributed by atoms with Gasteiger partial charge in [0.15, 0.2) is 5.16 Å². The number of anilines is 2. The monoisotopic (exact) mass is 449 g/mol. The number of carbonyl (C=O) groups is 1. The van der Waals surface area contributed by atoms with Crippen molar-refractivity contribution in [3.63, 3.8) is 0 Å². The predicted molar refractivity (Wildman–Crippen MR) is 126 cm³/mol. The van der Waals surface area contributed by atoms with Gasteiger partial charge in [-0.3, -0.25) is 4.79 Å². The van der Waals surface area contributed by atoms with Gasteiger partial charge < -0.3 is 19.5 Å². The maximum absolute atomic E-state index is 12.8. The second-order valence-electron chi connectivity index (χ2n) is 8.14. The van der Waals surface area contributed by atoms with E-state index in [-0.39, 0.29) is 11.7 Å². The molecule has 0 atom stereocenters. The van der Waals surface area contributed by atoms with Crippen LogP contribution in [0.4, 0.5) is 11.4 Å². The van der Waals surface area contributed by atoms with E-state index in [4.69, 9.17) is 4.74 Å². The Bertz CT molecular complexity index is 1060. The van der Waals surface area contributed by atoms with E-state index in [1.165, 1.54) is 17.3 Å². The number of benzene rings is 2. The molecule has 1 aliphatic carbocycles. The number of para-hydroxylation sites is 2. The van der Waals surface area contributed by atoms with E-state index in [9.17, 15) is 4.79 Å². The SMILES string of the molecule is O=C(CSc1nnc(C2CC2)n1Cc1ccccc1)Nc1ccccc1N1CCOCC1. The van der Waals surface area contributed by atoms with Gasteiger partial charge in [0.1, 0.15) is 5.82 Å². The van der Waals surface area contributed by atoms with Crippen molar-refractivity contribution in [1.82, 2.24) is 14.8 Å². The molecule has 7 nitrogen and oxygen atoms in total. The van der Waals surface area contributed by atoms with Crippen LogP contribution >= 0.6 is 11.8 Å². The lowest BCUT2D eigenvalue weighted by Gasteiger charge is -2.30. The van der Waals surface area contributed by atoms with Crippen molar-refractivity contribution in [2.75, 3.05) is 42.3 Å². The van der Waals surface area contributed by atoms with Gasteiger partial charge in [0.05, 0.1) is 36.9 Å². The number of amides is 1. The Kier molecular flexibility index (Phi) is 6.41. The summed E-state index contributed by atoms with van der Waals surface area (Å²) in [4.78, 5) is 15.1. The van der Waals surface area contributed by atoms with Crippen LogP contribution in [-0.4, -0.2) is 52.7 Å². The molecule has 1 aromatic heterocycles. The van der Waals surface area contributed by atoms with Crippen LogP contribution in [0.5, 0.6) is 0 Å². The molecule has 1 amide bonds. The number of hydrogen-bond donors (Lipinski definition) is 1. The molecule has 1 saturated heterocycles. The summed E-state index contributed by atoms with van der Waals surface area (Å²) in [7, 11) is 0. The van der Waals surface area contributed by atoms with Crippen molar-refractivity contribution in [3.8, 4) is 0 Å². The van der Waals surface area contributed by atoms with Crippen molar-refractivity contribution in [2.45, 2.75) is 30.5 Å². The maximum Gasteiger partial charge on any atom is 0.234 e. The second-order valence-corrected chi connectivity index (χ2v) is 9.08. The van der Waals surface area contributed by atoms with Crippen LogP contribution in [0, 0.1) is 0 Å². The zero-order valence-corrected chi connectivity index (χ0v) is 18.8. The minimum Gasteiger partial charge on any atom is -0.378 e. The quantitative estimate of drug-likeness (QED) is 0.528. The van der Waals surface area contributed by atoms with Gasteiger partial charge in [-0.05, 0) is 30.5 Å². The third-order valence-electron chi connectivity index (χ3n) is 5.73. The summed E-state index contributed by atoms with van der Waals surface area (Å²) in [6, 6.07) is 18.3. The summed E-state index contributed by atoms with van der Waals surface area (Å²) in [5.41, 5.74) is 3.08. The lowest BCUT2D eigenvalue weighted by molar-refractivity contribution is -0.113. The fourth-order valence-electron chi connectivity index (χ4n) is 3.94. The normalized spacial score (nSPS) is 16.2. The van der Waals surface area contributed by atoms with Crippen molar-refractivity contribution in [2.24, 2.45) is 0 Å². The van der Waals surface area contributed by atoms with Crippen LogP contribution in [0.15, 0.2) is 59.8 Å². The first-order valence-electron chi connectivity index (χ1n) is 11.1. The summed E-state index contributed by atoms with van der Waals surface area (Å²) in [6.07, 6.45) is 2.33. The van der Waals surface area contributed by atoms with E-state index < -0.39 is 0 Å². The number of nitrogens with one attached hydrogen (secondary N) is 1. The number of hydrogen-bond acceptors (Lipinski definition) is 6. The standard InChI is InChI=1S/C24H27N5O2S/c30-22(25-20-8-4-5-9-21(20)28-12-14-31-15-13-28)17-32-24-27-26-23(19-10-11-19)29(24)16-18-6-2-1-3-7-18/h1-9,19H,10-17H2,(H,25,30). The molecule has 3 aromatic rings. The number of carbonyl (C=O) groups excluding carboxylic acids is 1. The van der Waals surface area contributed by atoms with Crippen LogP contribution < -0.4 is 10.2 Å². The topological polar surface area (TPSA) is 72.3 Å². The van der Waals surface area contributed by atoms with Gasteiger partial charge >= 0.3 is 0 Å². The molecule has 2 aromatic carbocycles. The third kappa shape index (κ3) is 4.97. The predicted octanol–water partition coefficient (Wildman–Crippen LogP) is 3.77. The minimum atomic E-state index is -0.0436. The molecule has 2 aliphatic rings. The van der Waals surface area contributed by atoms with E-state index in [0.29, 0.717) is 19.1 Å². The number of rotatable bonds is 8. The average Bonchev–Trinajstić information content (AvgIpc) is 3.61. The molecule has 32 heavy (non-hydrogen) atoms. The van der Waals surface area contributed by atoms with E-state index >= 15 is 0 Å². The number of nitrogens with zero attached hydrogens (tertiary/aromatic N) is 4. The minimum absolute atomic E-state index is 0.0436. The Morgan fingerprint density at radius 2 is 1.78 bits per heavy atom. The van der Waals surface area contributed by atoms with Gasteiger partial charge in [-0.2, -0.15) is 0 Å². The zero-order chi connectivity index (χ0) is 21.8. The largest absolute Gasteiger partial charge is 0.378 e. The van der Waals surface area contributed by atoms with E-state index in [0.717, 1.165) is 54.8 Å². The molecule has 1 aliphatic heterocycles. The molecule has 0 unspecified atom stereocenters. The highest BCUT2D eigenvalue weighted by Gasteiger charge is 2.30. The highest BCUT2D eigenvalue weighted by atomic mass is 32.2. The first-order valence-corrected chi connectivity index (χ1v) is 12.1. The van der Waals surface area contributed by atoms with Crippen molar-refractivity contribution >= 4 is 29.0 Å². The smallest absolute Gasteiger partial charge is 0.234 e. The molecule has 1 saturated carbocycles. The van der Waals surface area contributed by atoms with Crippen LogP contribution in [0.25, 0.3) is 0 Å². The Morgan fingerprint density at radius 3 is 2.56 bits per heavy atom. The first kappa shape index (κ1) is 21.0.